The van der Waals surface area contributed by atoms with Crippen LogP contribution in [0.15, 0.2) is 188 Å². The summed E-state index contributed by atoms with van der Waals surface area (Å²) in [5.41, 5.74) is 13.2. The molecule has 0 radical (unpaired) electrons. The van der Waals surface area contributed by atoms with Gasteiger partial charge in [-0.05, 0) is 132 Å². The Balaban J connectivity index is 0.962. The van der Waals surface area contributed by atoms with Gasteiger partial charge < -0.3 is 13.9 Å². The molecule has 0 bridgehead atoms. The molecule has 1 aliphatic carbocycles. The number of para-hydroxylation sites is 1. The van der Waals surface area contributed by atoms with Crippen LogP contribution >= 0.6 is 11.3 Å². The van der Waals surface area contributed by atoms with E-state index < -0.39 is 0 Å². The Labute approximate surface area is 339 Å². The molecule has 12 rings (SSSR count). The highest BCUT2D eigenvalue weighted by molar-refractivity contribution is 7.25. The van der Waals surface area contributed by atoms with Gasteiger partial charge >= 0.3 is 0 Å². The van der Waals surface area contributed by atoms with E-state index in [1.54, 1.807) is 0 Å². The second-order valence-electron chi connectivity index (χ2n) is 15.2. The number of thiophene rings is 1. The van der Waals surface area contributed by atoms with Crippen molar-refractivity contribution in [3.63, 3.8) is 0 Å². The van der Waals surface area contributed by atoms with Crippen LogP contribution in [-0.4, -0.2) is 9.13 Å². The molecule has 0 fully saturated rings. The molecule has 4 heteroatoms. The maximum absolute atomic E-state index is 6.78. The summed E-state index contributed by atoms with van der Waals surface area (Å²) < 4.78 is 14.3. The normalized spacial score (nSPS) is 12.6. The molecule has 0 saturated carbocycles. The summed E-state index contributed by atoms with van der Waals surface area (Å²) in [5.74, 6) is 1.66. The van der Waals surface area contributed by atoms with Crippen LogP contribution in [0.1, 0.15) is 17.7 Å². The van der Waals surface area contributed by atoms with Gasteiger partial charge in [-0.2, -0.15) is 0 Å². The monoisotopic (exact) mass is 760 g/mol. The minimum Gasteiger partial charge on any atom is -0.457 e. The highest BCUT2D eigenvalue weighted by atomic mass is 32.1. The van der Waals surface area contributed by atoms with Gasteiger partial charge in [0, 0.05) is 53.4 Å². The Bertz CT molecular complexity index is 3360. The van der Waals surface area contributed by atoms with E-state index >= 15 is 0 Å². The molecule has 3 aromatic heterocycles. The number of rotatable bonds is 6. The van der Waals surface area contributed by atoms with Crippen molar-refractivity contribution in [3.8, 4) is 45.1 Å². The van der Waals surface area contributed by atoms with Crippen molar-refractivity contribution in [3.05, 3.63) is 199 Å². The van der Waals surface area contributed by atoms with Gasteiger partial charge in [-0.3, -0.25) is 0 Å². The lowest BCUT2D eigenvalue weighted by Gasteiger charge is -2.14. The van der Waals surface area contributed by atoms with Crippen molar-refractivity contribution in [1.82, 2.24) is 9.13 Å². The first-order chi connectivity index (χ1) is 28.7. The molecular formula is C54H36N2OS. The summed E-state index contributed by atoms with van der Waals surface area (Å²) >= 11 is 1.86. The first-order valence-corrected chi connectivity index (χ1v) is 20.8. The second kappa shape index (κ2) is 13.2. The summed E-state index contributed by atoms with van der Waals surface area (Å²) in [6, 6.07) is 65.8. The Morgan fingerprint density at radius 2 is 1.03 bits per heavy atom. The van der Waals surface area contributed by atoms with Crippen LogP contribution < -0.4 is 4.74 Å². The average molecular weight is 761 g/mol. The molecule has 0 atom stereocenters. The lowest BCUT2D eigenvalue weighted by Crippen LogP contribution is -2.00. The zero-order valence-corrected chi connectivity index (χ0v) is 32.4. The maximum Gasteiger partial charge on any atom is 0.128 e. The van der Waals surface area contributed by atoms with Crippen LogP contribution in [0.25, 0.3) is 92.6 Å². The largest absolute Gasteiger partial charge is 0.457 e. The van der Waals surface area contributed by atoms with Crippen LogP contribution in [0.3, 0.4) is 0 Å². The standard InChI is InChI=1S/C54H36N2OS/c1-3-13-35(14-4-1)37-29-38(36-15-5-2-6-16-36)31-40(30-37)56-50-21-11-8-18-44(50)47-34-42(25-27-52(47)56)57-41-24-26-51-46(33-41)43-17-7-10-20-49(43)55(51)39-23-28-54-48(32-39)45-19-9-12-22-53(45)58-54/h1-6,8-16,18-34H,7,17H2. The molecule has 0 saturated heterocycles. The van der Waals surface area contributed by atoms with Crippen LogP contribution in [0, 0.1) is 0 Å². The van der Waals surface area contributed by atoms with Gasteiger partial charge in [0.2, 0.25) is 0 Å². The molecule has 8 aromatic carbocycles. The van der Waals surface area contributed by atoms with Crippen molar-refractivity contribution >= 4 is 70.3 Å². The summed E-state index contributed by atoms with van der Waals surface area (Å²) in [5, 5.41) is 6.23. The fourth-order valence-corrected chi connectivity index (χ4v) is 10.3. The van der Waals surface area contributed by atoms with E-state index in [9.17, 15) is 0 Å². The highest BCUT2D eigenvalue weighted by Crippen LogP contribution is 2.42. The molecule has 58 heavy (non-hydrogen) atoms. The minimum absolute atomic E-state index is 0.820. The fourth-order valence-electron chi connectivity index (χ4n) is 9.17. The van der Waals surface area contributed by atoms with E-state index in [1.165, 1.54) is 75.7 Å². The number of hydrogen-bond acceptors (Lipinski definition) is 2. The van der Waals surface area contributed by atoms with Gasteiger partial charge in [0.25, 0.3) is 0 Å². The third kappa shape index (κ3) is 5.33. The minimum atomic E-state index is 0.820. The zero-order chi connectivity index (χ0) is 38.2. The molecule has 274 valence electrons. The molecule has 0 amide bonds. The van der Waals surface area contributed by atoms with Crippen molar-refractivity contribution < 1.29 is 4.74 Å². The lowest BCUT2D eigenvalue weighted by molar-refractivity contribution is 0.484. The number of benzene rings is 8. The smallest absolute Gasteiger partial charge is 0.128 e. The maximum atomic E-state index is 6.78. The Hall–Kier alpha value is -7.14. The highest BCUT2D eigenvalue weighted by Gasteiger charge is 2.21. The SMILES string of the molecule is C1=Cc2c(c3cc(Oc4ccc5c(c4)c4ccccc4n5-c4cc(-c5ccccc5)cc(-c5ccccc5)c4)ccc3n2-c2ccc3sc4ccccc4c3c2)CC1. The topological polar surface area (TPSA) is 19.1 Å². The number of aromatic nitrogens is 2. The molecule has 0 aliphatic heterocycles. The van der Waals surface area contributed by atoms with E-state index in [2.05, 4.69) is 203 Å². The van der Waals surface area contributed by atoms with Crippen LogP contribution in [0.2, 0.25) is 0 Å². The summed E-state index contributed by atoms with van der Waals surface area (Å²) in [4.78, 5) is 0. The predicted octanol–water partition coefficient (Wildman–Crippen LogP) is 15.2. The summed E-state index contributed by atoms with van der Waals surface area (Å²) in [6.45, 7) is 0. The number of fused-ring (bicyclic) bond motifs is 9. The predicted molar refractivity (Wildman–Crippen MR) is 245 cm³/mol. The number of aryl methyl sites for hydroxylation is 1. The quantitative estimate of drug-likeness (QED) is 0.165. The Kier molecular flexibility index (Phi) is 7.54. The lowest BCUT2D eigenvalue weighted by atomic mass is 9.98. The second-order valence-corrected chi connectivity index (χ2v) is 16.3. The van der Waals surface area contributed by atoms with Gasteiger partial charge in [-0.1, -0.05) is 103 Å². The van der Waals surface area contributed by atoms with Crippen molar-refractivity contribution in [2.75, 3.05) is 0 Å². The third-order valence-electron chi connectivity index (χ3n) is 11.8. The number of nitrogens with zero attached hydrogens (tertiary/aromatic N) is 2. The summed E-state index contributed by atoms with van der Waals surface area (Å²) in [7, 11) is 0. The average Bonchev–Trinajstić information content (AvgIpc) is 3.94. The number of ether oxygens (including phenoxy) is 1. The van der Waals surface area contributed by atoms with E-state index in [4.69, 9.17) is 4.74 Å². The number of allylic oxidation sites excluding steroid dienone is 1. The first-order valence-electron chi connectivity index (χ1n) is 20.0. The molecule has 1 aliphatic rings. The van der Waals surface area contributed by atoms with Crippen LogP contribution in [-0.2, 0) is 6.42 Å². The number of hydrogen-bond donors (Lipinski definition) is 0. The zero-order valence-electron chi connectivity index (χ0n) is 31.6. The molecular weight excluding hydrogens is 725 g/mol. The summed E-state index contributed by atoms with van der Waals surface area (Å²) in [6.07, 6.45) is 6.65. The van der Waals surface area contributed by atoms with E-state index in [0.717, 1.165) is 46.4 Å². The molecule has 3 heterocycles. The van der Waals surface area contributed by atoms with Gasteiger partial charge in [-0.15, -0.1) is 11.3 Å². The Morgan fingerprint density at radius 1 is 0.414 bits per heavy atom. The third-order valence-corrected chi connectivity index (χ3v) is 13.0. The van der Waals surface area contributed by atoms with Gasteiger partial charge in [0.15, 0.2) is 0 Å². The van der Waals surface area contributed by atoms with Crippen molar-refractivity contribution in [2.24, 2.45) is 0 Å². The van der Waals surface area contributed by atoms with E-state index in [-0.39, 0.29) is 0 Å². The van der Waals surface area contributed by atoms with E-state index in [1.807, 2.05) is 11.3 Å². The van der Waals surface area contributed by atoms with Crippen LogP contribution in [0.5, 0.6) is 11.5 Å². The molecule has 0 unspecified atom stereocenters. The molecule has 3 nitrogen and oxygen atoms in total. The van der Waals surface area contributed by atoms with Gasteiger partial charge in [0.1, 0.15) is 11.5 Å². The van der Waals surface area contributed by atoms with E-state index in [0.29, 0.717) is 0 Å². The Morgan fingerprint density at radius 3 is 1.79 bits per heavy atom. The van der Waals surface area contributed by atoms with Crippen molar-refractivity contribution in [2.45, 2.75) is 12.8 Å². The van der Waals surface area contributed by atoms with Crippen LogP contribution in [0.4, 0.5) is 0 Å². The molecule has 11 aromatic rings. The molecule has 0 N–H and O–H groups in total. The fraction of sp³-hybridized carbons (Fsp3) is 0.0370. The van der Waals surface area contributed by atoms with Gasteiger partial charge in [-0.25, -0.2) is 0 Å². The molecule has 0 spiro atoms. The first kappa shape index (κ1) is 33.0. The van der Waals surface area contributed by atoms with Gasteiger partial charge in [0.05, 0.1) is 16.6 Å². The van der Waals surface area contributed by atoms with Crippen molar-refractivity contribution in [1.29, 1.82) is 0 Å².